The molecule has 32 heavy (non-hydrogen) atoms. The van der Waals surface area contributed by atoms with Crippen molar-refractivity contribution in [2.75, 3.05) is 32.3 Å². The van der Waals surface area contributed by atoms with E-state index in [1.807, 2.05) is 6.92 Å². The van der Waals surface area contributed by atoms with Gasteiger partial charge in [-0.1, -0.05) is 31.0 Å². The Hall–Kier alpha value is -2.04. The molecule has 0 aliphatic heterocycles. The lowest BCUT2D eigenvalue weighted by Gasteiger charge is -2.26. The van der Waals surface area contributed by atoms with Crippen LogP contribution in [-0.4, -0.2) is 55.1 Å². The van der Waals surface area contributed by atoms with E-state index in [0.29, 0.717) is 11.7 Å². The summed E-state index contributed by atoms with van der Waals surface area (Å²) in [6.07, 6.45) is 6.02. The van der Waals surface area contributed by atoms with Crippen LogP contribution in [0, 0.1) is 13.8 Å². The molecular weight excluding hydrogens is 448 g/mol. The summed E-state index contributed by atoms with van der Waals surface area (Å²) in [5.41, 5.74) is 2.56. The number of nitrogens with one attached hydrogen (secondary N) is 1. The Morgan fingerprint density at radius 1 is 1.25 bits per heavy atom. The van der Waals surface area contributed by atoms with Gasteiger partial charge in [-0.05, 0) is 44.9 Å². The van der Waals surface area contributed by atoms with Gasteiger partial charge < -0.3 is 14.6 Å². The van der Waals surface area contributed by atoms with Crippen LogP contribution >= 0.6 is 11.8 Å². The molecule has 10 heteroatoms. The zero-order valence-electron chi connectivity index (χ0n) is 19.3. The summed E-state index contributed by atoms with van der Waals surface area (Å²) in [7, 11) is 0.606. The maximum atomic E-state index is 12.7. The van der Waals surface area contributed by atoms with E-state index in [1.54, 1.807) is 12.1 Å². The Balaban J connectivity index is 1.73. The molecule has 1 saturated carbocycles. The van der Waals surface area contributed by atoms with E-state index in [9.17, 15) is 13.2 Å². The fourth-order valence-corrected chi connectivity index (χ4v) is 5.98. The molecule has 176 valence electrons. The second kappa shape index (κ2) is 10.3. The number of benzene rings is 1. The highest BCUT2D eigenvalue weighted by Gasteiger charge is 2.24. The number of imidazole rings is 1. The molecule has 1 aromatic heterocycles. The zero-order chi connectivity index (χ0) is 23.5. The molecule has 0 saturated heterocycles. The predicted octanol–water partition coefficient (Wildman–Crippen LogP) is 3.99. The average Bonchev–Trinajstić information content (AvgIpc) is 3.06. The number of rotatable bonds is 8. The van der Waals surface area contributed by atoms with Gasteiger partial charge >= 0.3 is 0 Å². The quantitative estimate of drug-likeness (QED) is 0.574. The van der Waals surface area contributed by atoms with Gasteiger partial charge in [-0.3, -0.25) is 4.79 Å². The number of carbonyl (C=O) groups is 1. The molecule has 0 bridgehead atoms. The summed E-state index contributed by atoms with van der Waals surface area (Å²) in [6.45, 7) is 4.09. The lowest BCUT2D eigenvalue weighted by molar-refractivity contribution is -0.113. The highest BCUT2D eigenvalue weighted by atomic mass is 32.2. The third-order valence-corrected chi connectivity index (χ3v) is 8.62. The maximum Gasteiger partial charge on any atom is 0.246 e. The van der Waals surface area contributed by atoms with Crippen molar-refractivity contribution in [2.45, 2.75) is 62.0 Å². The number of carbonyl (C=O) groups excluding carboxylic acids is 1. The molecule has 1 amide bonds. The van der Waals surface area contributed by atoms with Crippen molar-refractivity contribution in [3.05, 3.63) is 29.6 Å². The van der Waals surface area contributed by atoms with Crippen LogP contribution in [0.1, 0.15) is 49.5 Å². The lowest BCUT2D eigenvalue weighted by Crippen LogP contribution is -2.23. The minimum atomic E-state index is -3.71. The summed E-state index contributed by atoms with van der Waals surface area (Å²) < 4.78 is 33.8. The van der Waals surface area contributed by atoms with Crippen LogP contribution in [0.2, 0.25) is 0 Å². The number of hydrogen-bond acceptors (Lipinski definition) is 6. The van der Waals surface area contributed by atoms with Gasteiger partial charge in [-0.15, -0.1) is 0 Å². The average molecular weight is 481 g/mol. The Bertz CT molecular complexity index is 1070. The van der Waals surface area contributed by atoms with Crippen LogP contribution < -0.4 is 10.1 Å². The molecule has 0 unspecified atom stereocenters. The van der Waals surface area contributed by atoms with Gasteiger partial charge in [0.1, 0.15) is 10.6 Å². The van der Waals surface area contributed by atoms with Gasteiger partial charge in [0.05, 0.1) is 18.6 Å². The number of hydrogen-bond donors (Lipinski definition) is 1. The Kier molecular flexibility index (Phi) is 7.89. The maximum absolute atomic E-state index is 12.7. The first-order valence-electron chi connectivity index (χ1n) is 10.7. The zero-order valence-corrected chi connectivity index (χ0v) is 21.0. The Morgan fingerprint density at radius 2 is 1.94 bits per heavy atom. The first kappa shape index (κ1) is 24.6. The fraction of sp³-hybridized carbons (Fsp3) is 0.545. The molecule has 3 rings (SSSR count). The molecule has 1 aromatic carbocycles. The molecule has 1 N–H and O–H groups in total. The van der Waals surface area contributed by atoms with Crippen LogP contribution in [0.5, 0.6) is 5.75 Å². The number of nitrogens with zero attached hydrogens (tertiary/aromatic N) is 3. The monoisotopic (exact) mass is 480 g/mol. The van der Waals surface area contributed by atoms with Gasteiger partial charge in [0.15, 0.2) is 5.16 Å². The number of thioether (sulfide) groups is 1. The molecule has 1 aliphatic carbocycles. The first-order chi connectivity index (χ1) is 15.1. The van der Waals surface area contributed by atoms with Gasteiger partial charge in [0.25, 0.3) is 0 Å². The van der Waals surface area contributed by atoms with Crippen LogP contribution in [0.15, 0.2) is 28.3 Å². The molecule has 1 fully saturated rings. The number of amides is 1. The number of anilines is 1. The number of sulfonamides is 1. The molecule has 1 aliphatic rings. The standard InChI is InChI=1S/C22H32N4O4S2/c1-15-16(2)26(18-9-7-6-8-10-18)22(23-15)31-14-21(27)24-17-11-12-19(30-5)20(13-17)32(28,29)25(3)4/h11-13,18H,6-10,14H2,1-5H3,(H,24,27). The number of methoxy groups -OCH3 is 1. The molecule has 2 aromatic rings. The van der Waals surface area contributed by atoms with E-state index in [1.165, 1.54) is 58.3 Å². The first-order valence-corrected chi connectivity index (χ1v) is 13.2. The normalized spacial score (nSPS) is 15.2. The van der Waals surface area contributed by atoms with Gasteiger partial charge in [-0.25, -0.2) is 17.7 Å². The Labute approximate surface area is 194 Å². The number of ether oxygens (including phenoxy) is 1. The van der Waals surface area contributed by atoms with Crippen molar-refractivity contribution in [1.82, 2.24) is 13.9 Å². The number of aromatic nitrogens is 2. The summed E-state index contributed by atoms with van der Waals surface area (Å²) in [5, 5.41) is 3.67. The topological polar surface area (TPSA) is 93.5 Å². The number of aryl methyl sites for hydroxylation is 1. The molecule has 0 spiro atoms. The van der Waals surface area contributed by atoms with Crippen molar-refractivity contribution in [3.8, 4) is 5.75 Å². The van der Waals surface area contributed by atoms with E-state index < -0.39 is 10.0 Å². The molecule has 0 atom stereocenters. The van der Waals surface area contributed by atoms with Crippen LogP contribution in [-0.2, 0) is 14.8 Å². The van der Waals surface area contributed by atoms with Crippen molar-refractivity contribution < 1.29 is 17.9 Å². The fourth-order valence-electron chi connectivity index (χ4n) is 3.95. The van der Waals surface area contributed by atoms with E-state index in [2.05, 4.69) is 16.8 Å². The predicted molar refractivity (Wildman–Crippen MR) is 127 cm³/mol. The van der Waals surface area contributed by atoms with E-state index in [4.69, 9.17) is 9.72 Å². The van der Waals surface area contributed by atoms with Crippen molar-refractivity contribution in [1.29, 1.82) is 0 Å². The Morgan fingerprint density at radius 3 is 2.56 bits per heavy atom. The highest BCUT2D eigenvalue weighted by molar-refractivity contribution is 7.99. The van der Waals surface area contributed by atoms with Crippen molar-refractivity contribution in [2.24, 2.45) is 0 Å². The lowest BCUT2D eigenvalue weighted by atomic mass is 9.95. The molecule has 8 nitrogen and oxygen atoms in total. The van der Waals surface area contributed by atoms with E-state index in [0.717, 1.165) is 33.7 Å². The summed E-state index contributed by atoms with van der Waals surface area (Å²) in [6, 6.07) is 5.04. The molecular formula is C22H32N4O4S2. The van der Waals surface area contributed by atoms with Gasteiger partial charge in [-0.2, -0.15) is 0 Å². The SMILES string of the molecule is COc1ccc(NC(=O)CSc2nc(C)c(C)n2C2CCCCC2)cc1S(=O)(=O)N(C)C. The third kappa shape index (κ3) is 5.29. The van der Waals surface area contributed by atoms with Crippen molar-refractivity contribution >= 4 is 33.4 Å². The largest absolute Gasteiger partial charge is 0.495 e. The van der Waals surface area contributed by atoms with E-state index >= 15 is 0 Å². The smallest absolute Gasteiger partial charge is 0.246 e. The minimum Gasteiger partial charge on any atom is -0.495 e. The van der Waals surface area contributed by atoms with Crippen LogP contribution in [0.25, 0.3) is 0 Å². The van der Waals surface area contributed by atoms with Gasteiger partial charge in [0, 0.05) is 31.5 Å². The highest BCUT2D eigenvalue weighted by Crippen LogP contribution is 2.34. The minimum absolute atomic E-state index is 0.00884. The summed E-state index contributed by atoms with van der Waals surface area (Å²) in [4.78, 5) is 17.4. The molecule has 1 heterocycles. The molecule has 0 radical (unpaired) electrons. The van der Waals surface area contributed by atoms with Crippen LogP contribution in [0.4, 0.5) is 5.69 Å². The third-order valence-electron chi connectivity index (χ3n) is 5.83. The summed E-state index contributed by atoms with van der Waals surface area (Å²) in [5.74, 6) is 0.193. The summed E-state index contributed by atoms with van der Waals surface area (Å²) >= 11 is 1.41. The van der Waals surface area contributed by atoms with E-state index in [-0.39, 0.29) is 22.3 Å². The second-order valence-corrected chi connectivity index (χ2v) is 11.3. The van der Waals surface area contributed by atoms with Gasteiger partial charge in [0.2, 0.25) is 15.9 Å². The second-order valence-electron chi connectivity index (χ2n) is 8.22. The van der Waals surface area contributed by atoms with Crippen molar-refractivity contribution in [3.63, 3.8) is 0 Å². The van der Waals surface area contributed by atoms with Crippen LogP contribution in [0.3, 0.4) is 0 Å².